The van der Waals surface area contributed by atoms with E-state index in [4.69, 9.17) is 0 Å². The Morgan fingerprint density at radius 1 is 1.25 bits per heavy atom. The largest absolute Gasteiger partial charge is 0.316 e. The predicted octanol–water partition coefficient (Wildman–Crippen LogP) is 4.30. The van der Waals surface area contributed by atoms with Crippen LogP contribution in [0, 0.1) is 18.8 Å². The van der Waals surface area contributed by atoms with Gasteiger partial charge in [0.2, 0.25) is 0 Å². The summed E-state index contributed by atoms with van der Waals surface area (Å²) in [6.45, 7) is 9.05. The summed E-state index contributed by atoms with van der Waals surface area (Å²) < 4.78 is 0. The fraction of sp³-hybridized carbons (Fsp3) is 0.722. The van der Waals surface area contributed by atoms with E-state index in [1.54, 1.807) is 0 Å². The Labute approximate surface area is 124 Å². The van der Waals surface area contributed by atoms with Crippen molar-refractivity contribution in [2.75, 3.05) is 13.1 Å². The molecule has 3 atom stereocenters. The predicted molar refractivity (Wildman–Crippen MR) is 86.0 cm³/mol. The number of hydrogen-bond donors (Lipinski definition) is 1. The summed E-state index contributed by atoms with van der Waals surface area (Å²) in [5, 5.41) is 3.63. The summed E-state index contributed by atoms with van der Waals surface area (Å²) in [6.07, 6.45) is 10.7. The summed E-state index contributed by atoms with van der Waals surface area (Å²) >= 11 is 0. The third-order valence-electron chi connectivity index (χ3n) is 4.84. The van der Waals surface area contributed by atoms with Gasteiger partial charge in [-0.3, -0.25) is 4.98 Å². The van der Waals surface area contributed by atoms with E-state index >= 15 is 0 Å². The van der Waals surface area contributed by atoms with Gasteiger partial charge in [-0.1, -0.05) is 32.8 Å². The highest BCUT2D eigenvalue weighted by Gasteiger charge is 2.30. The number of aromatic nitrogens is 1. The molecule has 2 nitrogen and oxygen atoms in total. The molecule has 0 aliphatic heterocycles. The molecule has 1 aliphatic carbocycles. The second-order valence-electron chi connectivity index (χ2n) is 6.45. The monoisotopic (exact) mass is 274 g/mol. The van der Waals surface area contributed by atoms with Gasteiger partial charge in [0.25, 0.3) is 0 Å². The molecule has 0 aromatic carbocycles. The van der Waals surface area contributed by atoms with Crippen LogP contribution in [0.4, 0.5) is 0 Å². The van der Waals surface area contributed by atoms with E-state index < -0.39 is 0 Å². The van der Waals surface area contributed by atoms with E-state index in [0.717, 1.165) is 18.4 Å². The maximum atomic E-state index is 4.42. The van der Waals surface area contributed by atoms with E-state index in [0.29, 0.717) is 5.92 Å². The van der Waals surface area contributed by atoms with Gasteiger partial charge in [-0.2, -0.15) is 0 Å². The number of nitrogens with one attached hydrogen (secondary N) is 1. The molecule has 0 radical (unpaired) electrons. The van der Waals surface area contributed by atoms with Crippen LogP contribution in [0.25, 0.3) is 0 Å². The SMILES string of the molecule is CCCNCC1CCC(CC)CC1c1cncc(C)c1. The Morgan fingerprint density at radius 3 is 2.80 bits per heavy atom. The van der Waals surface area contributed by atoms with Crippen LogP contribution in [0.2, 0.25) is 0 Å². The van der Waals surface area contributed by atoms with Crippen molar-refractivity contribution < 1.29 is 0 Å². The van der Waals surface area contributed by atoms with Gasteiger partial charge in [0.05, 0.1) is 0 Å². The molecule has 1 fully saturated rings. The third-order valence-corrected chi connectivity index (χ3v) is 4.84. The average Bonchev–Trinajstić information content (AvgIpc) is 2.48. The van der Waals surface area contributed by atoms with Crippen molar-refractivity contribution in [2.45, 2.75) is 58.8 Å². The van der Waals surface area contributed by atoms with E-state index in [1.807, 2.05) is 6.20 Å². The summed E-state index contributed by atoms with van der Waals surface area (Å²) in [4.78, 5) is 4.42. The van der Waals surface area contributed by atoms with Crippen LogP contribution in [0.3, 0.4) is 0 Å². The van der Waals surface area contributed by atoms with Gasteiger partial charge < -0.3 is 5.32 Å². The molecule has 112 valence electrons. The van der Waals surface area contributed by atoms with Crippen LogP contribution < -0.4 is 5.32 Å². The average molecular weight is 274 g/mol. The second kappa shape index (κ2) is 7.78. The van der Waals surface area contributed by atoms with E-state index in [9.17, 15) is 0 Å². The number of rotatable bonds is 6. The molecule has 1 aliphatic rings. The van der Waals surface area contributed by atoms with Crippen LogP contribution in [-0.2, 0) is 0 Å². The lowest BCUT2D eigenvalue weighted by Gasteiger charge is -2.36. The molecule has 2 heteroatoms. The van der Waals surface area contributed by atoms with Crippen molar-refractivity contribution in [3.05, 3.63) is 29.6 Å². The number of aryl methyl sites for hydroxylation is 1. The van der Waals surface area contributed by atoms with Gasteiger partial charge in [-0.05, 0) is 68.2 Å². The van der Waals surface area contributed by atoms with Gasteiger partial charge in [0, 0.05) is 12.4 Å². The molecule has 2 rings (SSSR count). The second-order valence-corrected chi connectivity index (χ2v) is 6.45. The molecule has 0 spiro atoms. The number of hydrogen-bond acceptors (Lipinski definition) is 2. The van der Waals surface area contributed by atoms with Crippen LogP contribution in [-0.4, -0.2) is 18.1 Å². The molecule has 1 aromatic rings. The minimum absolute atomic E-state index is 0.699. The Morgan fingerprint density at radius 2 is 2.10 bits per heavy atom. The summed E-state index contributed by atoms with van der Waals surface area (Å²) in [5.74, 6) is 2.39. The van der Waals surface area contributed by atoms with Crippen molar-refractivity contribution >= 4 is 0 Å². The zero-order valence-electron chi connectivity index (χ0n) is 13.4. The fourth-order valence-electron chi connectivity index (χ4n) is 3.59. The molecule has 0 amide bonds. The molecule has 1 aromatic heterocycles. The molecule has 1 saturated carbocycles. The standard InChI is InChI=1S/C18H30N2/c1-4-8-19-12-16-7-6-15(5-2)10-18(16)17-9-14(3)11-20-13-17/h9,11,13,15-16,18-19H,4-8,10,12H2,1-3H3. The molecule has 0 saturated heterocycles. The third kappa shape index (κ3) is 4.05. The van der Waals surface area contributed by atoms with E-state index in [-0.39, 0.29) is 0 Å². The number of pyridine rings is 1. The zero-order chi connectivity index (χ0) is 14.4. The van der Waals surface area contributed by atoms with Gasteiger partial charge in [-0.25, -0.2) is 0 Å². The van der Waals surface area contributed by atoms with Crippen molar-refractivity contribution in [2.24, 2.45) is 11.8 Å². The fourth-order valence-corrected chi connectivity index (χ4v) is 3.59. The Kier molecular flexibility index (Phi) is 6.03. The first-order valence-corrected chi connectivity index (χ1v) is 8.36. The lowest BCUT2D eigenvalue weighted by Crippen LogP contribution is -2.32. The smallest absolute Gasteiger partial charge is 0.0303 e. The topological polar surface area (TPSA) is 24.9 Å². The van der Waals surface area contributed by atoms with E-state index in [2.05, 4.69) is 43.3 Å². The molecule has 3 unspecified atom stereocenters. The first kappa shape index (κ1) is 15.5. The van der Waals surface area contributed by atoms with Crippen LogP contribution in [0.15, 0.2) is 18.5 Å². The zero-order valence-corrected chi connectivity index (χ0v) is 13.4. The van der Waals surface area contributed by atoms with Crippen LogP contribution >= 0.6 is 0 Å². The highest BCUT2D eigenvalue weighted by molar-refractivity contribution is 5.22. The van der Waals surface area contributed by atoms with Gasteiger partial charge in [-0.15, -0.1) is 0 Å². The van der Waals surface area contributed by atoms with Crippen LogP contribution in [0.5, 0.6) is 0 Å². The van der Waals surface area contributed by atoms with Crippen molar-refractivity contribution in [3.63, 3.8) is 0 Å². The minimum Gasteiger partial charge on any atom is -0.316 e. The lowest BCUT2D eigenvalue weighted by atomic mass is 9.70. The Bertz CT molecular complexity index is 400. The van der Waals surface area contributed by atoms with Gasteiger partial charge in [0.15, 0.2) is 0 Å². The molecular formula is C18H30N2. The lowest BCUT2D eigenvalue weighted by molar-refractivity contribution is 0.225. The summed E-state index contributed by atoms with van der Waals surface area (Å²) in [7, 11) is 0. The molecule has 20 heavy (non-hydrogen) atoms. The summed E-state index contributed by atoms with van der Waals surface area (Å²) in [5.41, 5.74) is 2.76. The minimum atomic E-state index is 0.699. The van der Waals surface area contributed by atoms with Crippen LogP contribution in [0.1, 0.15) is 63.0 Å². The highest BCUT2D eigenvalue weighted by Crippen LogP contribution is 2.41. The van der Waals surface area contributed by atoms with Gasteiger partial charge >= 0.3 is 0 Å². The maximum absolute atomic E-state index is 4.42. The molecule has 1 N–H and O–H groups in total. The number of nitrogens with zero attached hydrogens (tertiary/aromatic N) is 1. The quantitative estimate of drug-likeness (QED) is 0.782. The maximum Gasteiger partial charge on any atom is 0.0303 e. The molecule has 1 heterocycles. The van der Waals surface area contributed by atoms with Crippen molar-refractivity contribution in [3.8, 4) is 0 Å². The van der Waals surface area contributed by atoms with Crippen molar-refractivity contribution in [1.29, 1.82) is 0 Å². The van der Waals surface area contributed by atoms with E-state index in [1.165, 1.54) is 49.8 Å². The first-order valence-electron chi connectivity index (χ1n) is 8.36. The Balaban J connectivity index is 2.09. The summed E-state index contributed by atoms with van der Waals surface area (Å²) in [6, 6.07) is 2.35. The molecule has 0 bridgehead atoms. The Hall–Kier alpha value is -0.890. The molecular weight excluding hydrogens is 244 g/mol. The first-order chi connectivity index (χ1) is 9.74. The highest BCUT2D eigenvalue weighted by atomic mass is 14.9. The normalized spacial score (nSPS) is 26.6. The van der Waals surface area contributed by atoms with Crippen molar-refractivity contribution in [1.82, 2.24) is 10.3 Å². The van der Waals surface area contributed by atoms with Gasteiger partial charge in [0.1, 0.15) is 0 Å².